The maximum absolute atomic E-state index is 12.9. The average molecular weight is 432 g/mol. The molecule has 31 heavy (non-hydrogen) atoms. The third-order valence-corrected chi connectivity index (χ3v) is 5.63. The molecule has 10 heteroatoms. The summed E-state index contributed by atoms with van der Waals surface area (Å²) in [5, 5.41) is 0. The van der Waals surface area contributed by atoms with Gasteiger partial charge in [-0.3, -0.25) is 30.1 Å². The van der Waals surface area contributed by atoms with Gasteiger partial charge in [0.15, 0.2) is 18.1 Å². The van der Waals surface area contributed by atoms with Gasteiger partial charge in [0.05, 0.1) is 6.61 Å². The van der Waals surface area contributed by atoms with Crippen LogP contribution in [0.15, 0.2) is 24.3 Å². The first-order chi connectivity index (χ1) is 14.9. The Bertz CT molecular complexity index is 852. The Morgan fingerprint density at radius 3 is 2.26 bits per heavy atom. The lowest BCUT2D eigenvalue weighted by Gasteiger charge is -2.35. The summed E-state index contributed by atoms with van der Waals surface area (Å²) in [6.07, 6.45) is 3.96. The van der Waals surface area contributed by atoms with Crippen LogP contribution in [0, 0.1) is 0 Å². The number of hydrogen-bond acceptors (Lipinski definition) is 6. The molecule has 3 rings (SSSR count). The number of para-hydroxylation sites is 2. The Morgan fingerprint density at radius 2 is 1.61 bits per heavy atom. The Kier molecular flexibility index (Phi) is 6.98. The molecule has 5 amide bonds. The molecule has 0 radical (unpaired) electrons. The maximum Gasteiger partial charge on any atom is 0.327 e. The number of likely N-dealkylation sites (N-methyl/N-ethyl adjacent to an activating group) is 1. The molecule has 1 aromatic carbocycles. The number of carbonyl (C=O) groups is 4. The molecular formula is C21H28N4O6. The van der Waals surface area contributed by atoms with Gasteiger partial charge in [-0.2, -0.15) is 0 Å². The number of amides is 5. The van der Waals surface area contributed by atoms with E-state index in [2.05, 4.69) is 10.9 Å². The molecule has 1 aliphatic heterocycles. The number of rotatable bonds is 7. The van der Waals surface area contributed by atoms with E-state index in [9.17, 15) is 19.2 Å². The number of benzene rings is 1. The Hall–Kier alpha value is -3.30. The van der Waals surface area contributed by atoms with Crippen molar-refractivity contribution in [2.24, 2.45) is 0 Å². The van der Waals surface area contributed by atoms with Gasteiger partial charge in [-0.25, -0.2) is 4.79 Å². The number of hydrazine groups is 1. The predicted octanol–water partition coefficient (Wildman–Crippen LogP) is 1.21. The van der Waals surface area contributed by atoms with Crippen LogP contribution in [0.3, 0.4) is 0 Å². The molecule has 1 spiro atoms. The molecule has 2 fully saturated rings. The molecule has 2 aliphatic rings. The van der Waals surface area contributed by atoms with Crippen LogP contribution in [0.4, 0.5) is 4.79 Å². The summed E-state index contributed by atoms with van der Waals surface area (Å²) in [4.78, 5) is 52.1. The number of ether oxygens (including phenoxy) is 2. The molecular weight excluding hydrogens is 404 g/mol. The number of urea groups is 1. The number of nitrogens with zero attached hydrogens (tertiary/aromatic N) is 2. The highest BCUT2D eigenvalue weighted by molar-refractivity contribution is 6.09. The van der Waals surface area contributed by atoms with E-state index >= 15 is 0 Å². The number of nitrogens with one attached hydrogen (secondary N) is 2. The second-order valence-electron chi connectivity index (χ2n) is 7.59. The largest absolute Gasteiger partial charge is 0.490 e. The van der Waals surface area contributed by atoms with Crippen molar-refractivity contribution < 1.29 is 28.7 Å². The van der Waals surface area contributed by atoms with Gasteiger partial charge in [0, 0.05) is 7.05 Å². The zero-order chi connectivity index (χ0) is 22.4. The Balaban J connectivity index is 1.48. The molecule has 0 unspecified atom stereocenters. The lowest BCUT2D eigenvalue weighted by Crippen LogP contribution is -2.51. The molecule has 0 aromatic heterocycles. The minimum Gasteiger partial charge on any atom is -0.490 e. The fourth-order valence-corrected chi connectivity index (χ4v) is 4.02. The SMILES string of the molecule is CCOc1ccccc1OCC(=O)NNC(=O)CN1C(=O)N(C)C2(CCCCC2)C1=O. The van der Waals surface area contributed by atoms with Gasteiger partial charge < -0.3 is 14.4 Å². The van der Waals surface area contributed by atoms with E-state index in [0.29, 0.717) is 30.9 Å². The van der Waals surface area contributed by atoms with Crippen molar-refractivity contribution in [1.82, 2.24) is 20.7 Å². The van der Waals surface area contributed by atoms with E-state index in [4.69, 9.17) is 9.47 Å². The first-order valence-corrected chi connectivity index (χ1v) is 10.4. The summed E-state index contributed by atoms with van der Waals surface area (Å²) >= 11 is 0. The zero-order valence-electron chi connectivity index (χ0n) is 17.8. The summed E-state index contributed by atoms with van der Waals surface area (Å²) in [7, 11) is 1.60. The standard InChI is InChI=1S/C21H28N4O6/c1-3-30-15-9-5-6-10-16(15)31-14-18(27)23-22-17(26)13-25-19(28)21(24(2)20(25)29)11-7-4-8-12-21/h5-6,9-10H,3-4,7-8,11-14H2,1-2H3,(H,22,26)(H,23,27). The van der Waals surface area contributed by atoms with Gasteiger partial charge in [0.2, 0.25) is 0 Å². The summed E-state index contributed by atoms with van der Waals surface area (Å²) in [6.45, 7) is 1.48. The third kappa shape index (κ3) is 4.73. The minimum absolute atomic E-state index is 0.349. The van der Waals surface area contributed by atoms with Crippen LogP contribution in [0.1, 0.15) is 39.0 Å². The lowest BCUT2D eigenvalue weighted by atomic mass is 9.81. The fourth-order valence-electron chi connectivity index (χ4n) is 4.02. The highest BCUT2D eigenvalue weighted by Gasteiger charge is 2.55. The molecule has 1 saturated carbocycles. The lowest BCUT2D eigenvalue weighted by molar-refractivity contribution is -0.138. The fraction of sp³-hybridized carbons (Fsp3) is 0.524. The van der Waals surface area contributed by atoms with Crippen LogP contribution in [0.25, 0.3) is 0 Å². The van der Waals surface area contributed by atoms with Crippen molar-refractivity contribution in [3.05, 3.63) is 24.3 Å². The normalized spacial score (nSPS) is 17.6. The van der Waals surface area contributed by atoms with Crippen molar-refractivity contribution in [3.63, 3.8) is 0 Å². The molecule has 1 heterocycles. The van der Waals surface area contributed by atoms with Crippen LogP contribution >= 0.6 is 0 Å². The van der Waals surface area contributed by atoms with Crippen molar-refractivity contribution in [2.75, 3.05) is 26.8 Å². The van der Waals surface area contributed by atoms with Crippen LogP contribution in [0.5, 0.6) is 11.5 Å². The van der Waals surface area contributed by atoms with E-state index in [1.807, 2.05) is 6.92 Å². The monoisotopic (exact) mass is 432 g/mol. The number of hydrogen-bond donors (Lipinski definition) is 2. The van der Waals surface area contributed by atoms with Gasteiger partial charge in [-0.05, 0) is 31.9 Å². The van der Waals surface area contributed by atoms with Crippen LogP contribution in [-0.4, -0.2) is 65.9 Å². The topological polar surface area (TPSA) is 117 Å². The van der Waals surface area contributed by atoms with Crippen molar-refractivity contribution >= 4 is 23.8 Å². The second-order valence-corrected chi connectivity index (χ2v) is 7.59. The zero-order valence-corrected chi connectivity index (χ0v) is 17.8. The van der Waals surface area contributed by atoms with Gasteiger partial charge >= 0.3 is 6.03 Å². The molecule has 1 saturated heterocycles. The van der Waals surface area contributed by atoms with Crippen LogP contribution < -0.4 is 20.3 Å². The first kappa shape index (κ1) is 22.4. The predicted molar refractivity (Wildman–Crippen MR) is 110 cm³/mol. The minimum atomic E-state index is -0.847. The molecule has 0 atom stereocenters. The van der Waals surface area contributed by atoms with Crippen molar-refractivity contribution in [2.45, 2.75) is 44.6 Å². The molecule has 10 nitrogen and oxygen atoms in total. The summed E-state index contributed by atoms with van der Waals surface area (Å²) in [6, 6.07) is 6.42. The van der Waals surface area contributed by atoms with Gasteiger partial charge in [0.1, 0.15) is 12.1 Å². The quantitative estimate of drug-likeness (QED) is 0.494. The van der Waals surface area contributed by atoms with Gasteiger partial charge in [0.25, 0.3) is 17.7 Å². The molecule has 0 bridgehead atoms. The molecule has 2 N–H and O–H groups in total. The molecule has 1 aliphatic carbocycles. The van der Waals surface area contributed by atoms with E-state index < -0.39 is 29.9 Å². The van der Waals surface area contributed by atoms with Crippen LogP contribution in [0.2, 0.25) is 0 Å². The van der Waals surface area contributed by atoms with Gasteiger partial charge in [-0.1, -0.05) is 31.4 Å². The smallest absolute Gasteiger partial charge is 0.327 e. The van der Waals surface area contributed by atoms with E-state index in [-0.39, 0.29) is 12.5 Å². The third-order valence-electron chi connectivity index (χ3n) is 5.63. The Morgan fingerprint density at radius 1 is 1.00 bits per heavy atom. The van der Waals surface area contributed by atoms with Gasteiger partial charge in [-0.15, -0.1) is 0 Å². The number of carbonyl (C=O) groups excluding carboxylic acids is 4. The van der Waals surface area contributed by atoms with Crippen molar-refractivity contribution in [3.8, 4) is 11.5 Å². The van der Waals surface area contributed by atoms with Crippen molar-refractivity contribution in [1.29, 1.82) is 0 Å². The Labute approximate surface area is 180 Å². The molecule has 1 aromatic rings. The second kappa shape index (κ2) is 9.67. The van der Waals surface area contributed by atoms with E-state index in [1.165, 1.54) is 4.90 Å². The summed E-state index contributed by atoms with van der Waals surface area (Å²) in [5.74, 6) is -0.712. The van der Waals surface area contributed by atoms with E-state index in [1.54, 1.807) is 31.3 Å². The highest BCUT2D eigenvalue weighted by atomic mass is 16.5. The maximum atomic E-state index is 12.9. The number of imide groups is 1. The first-order valence-electron chi connectivity index (χ1n) is 10.4. The highest BCUT2D eigenvalue weighted by Crippen LogP contribution is 2.39. The average Bonchev–Trinajstić information content (AvgIpc) is 2.94. The molecule has 168 valence electrons. The van der Waals surface area contributed by atoms with E-state index in [0.717, 1.165) is 24.2 Å². The summed E-state index contributed by atoms with van der Waals surface area (Å²) in [5.41, 5.74) is 3.59. The van der Waals surface area contributed by atoms with Crippen LogP contribution in [-0.2, 0) is 14.4 Å². The summed E-state index contributed by atoms with van der Waals surface area (Å²) < 4.78 is 10.8.